The van der Waals surface area contributed by atoms with Gasteiger partial charge in [0, 0.05) is 5.02 Å². The van der Waals surface area contributed by atoms with Crippen molar-refractivity contribution in [1.29, 1.82) is 0 Å². The minimum absolute atomic E-state index is 0.142. The summed E-state index contributed by atoms with van der Waals surface area (Å²) < 4.78 is 1.59. The van der Waals surface area contributed by atoms with Crippen molar-refractivity contribution >= 4 is 23.2 Å². The van der Waals surface area contributed by atoms with E-state index in [1.54, 1.807) is 29.1 Å². The minimum atomic E-state index is -0.142. The van der Waals surface area contributed by atoms with Crippen LogP contribution in [0.3, 0.4) is 0 Å². The van der Waals surface area contributed by atoms with Gasteiger partial charge in [-0.1, -0.05) is 42.3 Å². The number of rotatable bonds is 3. The lowest BCUT2D eigenvalue weighted by Crippen LogP contribution is -2.17. The molecule has 2 rings (SSSR count). The van der Waals surface area contributed by atoms with Gasteiger partial charge in [-0.15, -0.1) is 5.10 Å². The number of hydrogen-bond acceptors (Lipinski definition) is 3. The monoisotopic (exact) mass is 284 g/mol. The van der Waals surface area contributed by atoms with Gasteiger partial charge < -0.3 is 5.73 Å². The van der Waals surface area contributed by atoms with Gasteiger partial charge in [0.1, 0.15) is 5.69 Å². The van der Waals surface area contributed by atoms with E-state index in [1.165, 1.54) is 0 Å². The first-order chi connectivity index (χ1) is 8.49. The van der Waals surface area contributed by atoms with Crippen molar-refractivity contribution < 1.29 is 0 Å². The van der Waals surface area contributed by atoms with E-state index >= 15 is 0 Å². The Morgan fingerprint density at radius 2 is 2.00 bits per heavy atom. The minimum Gasteiger partial charge on any atom is -0.322 e. The van der Waals surface area contributed by atoms with Gasteiger partial charge in [0.15, 0.2) is 0 Å². The van der Waals surface area contributed by atoms with E-state index in [1.807, 2.05) is 13.8 Å². The van der Waals surface area contributed by atoms with Gasteiger partial charge in [-0.05, 0) is 24.1 Å². The van der Waals surface area contributed by atoms with E-state index in [2.05, 4.69) is 10.3 Å². The summed E-state index contributed by atoms with van der Waals surface area (Å²) in [6, 6.07) is 5.05. The molecule has 1 heterocycles. The molecule has 6 heteroatoms. The first-order valence-corrected chi connectivity index (χ1v) is 6.38. The van der Waals surface area contributed by atoms with Crippen LogP contribution in [0.5, 0.6) is 0 Å². The summed E-state index contributed by atoms with van der Waals surface area (Å²) in [5.74, 6) is 0.296. The van der Waals surface area contributed by atoms with Gasteiger partial charge in [0.25, 0.3) is 0 Å². The molecule has 0 spiro atoms. The Hall–Kier alpha value is -1.10. The lowest BCUT2D eigenvalue weighted by atomic mass is 10.0. The standard InChI is InChI=1S/C12H14Cl2N4/c1-7(2)12(15)10-6-18(17-16-10)11-5-8(13)3-4-9(11)14/h3-7,12H,15H2,1-2H3. The third-order valence-electron chi connectivity index (χ3n) is 2.73. The van der Waals surface area contributed by atoms with Crippen molar-refractivity contribution in [2.75, 3.05) is 0 Å². The van der Waals surface area contributed by atoms with Gasteiger partial charge in [-0.25, -0.2) is 4.68 Å². The SMILES string of the molecule is CC(C)C(N)c1cn(-c2cc(Cl)ccc2Cl)nn1. The van der Waals surface area contributed by atoms with Crippen molar-refractivity contribution in [2.45, 2.75) is 19.9 Å². The Bertz CT molecular complexity index is 551. The van der Waals surface area contributed by atoms with Crippen LogP contribution in [0.25, 0.3) is 5.69 Å². The molecule has 0 saturated carbocycles. The second-order valence-corrected chi connectivity index (χ2v) is 5.30. The number of nitrogens with two attached hydrogens (primary N) is 1. The Morgan fingerprint density at radius 1 is 1.28 bits per heavy atom. The third kappa shape index (κ3) is 2.66. The fraction of sp³-hybridized carbons (Fsp3) is 0.333. The zero-order valence-electron chi connectivity index (χ0n) is 10.1. The number of hydrogen-bond donors (Lipinski definition) is 1. The fourth-order valence-electron chi connectivity index (χ4n) is 1.55. The average molecular weight is 285 g/mol. The molecule has 1 aromatic carbocycles. The van der Waals surface area contributed by atoms with Crippen LogP contribution in [0.2, 0.25) is 10.0 Å². The van der Waals surface area contributed by atoms with Gasteiger partial charge in [0.2, 0.25) is 0 Å². The van der Waals surface area contributed by atoms with Crippen LogP contribution in [-0.2, 0) is 0 Å². The lowest BCUT2D eigenvalue weighted by Gasteiger charge is -2.11. The van der Waals surface area contributed by atoms with Crippen LogP contribution < -0.4 is 5.73 Å². The molecule has 0 aliphatic heterocycles. The highest BCUT2D eigenvalue weighted by molar-refractivity contribution is 6.34. The molecule has 0 bridgehead atoms. The second-order valence-electron chi connectivity index (χ2n) is 4.45. The zero-order valence-corrected chi connectivity index (χ0v) is 11.7. The zero-order chi connectivity index (χ0) is 13.3. The molecule has 1 atom stereocenters. The van der Waals surface area contributed by atoms with Crippen molar-refractivity contribution in [3.8, 4) is 5.69 Å². The summed E-state index contributed by atoms with van der Waals surface area (Å²) in [5, 5.41) is 9.27. The number of halogens is 2. The molecule has 0 fully saturated rings. The Kier molecular flexibility index (Phi) is 3.90. The summed E-state index contributed by atoms with van der Waals surface area (Å²) in [6.07, 6.45) is 1.78. The number of aromatic nitrogens is 3. The molecule has 1 aromatic heterocycles. The van der Waals surface area contributed by atoms with Gasteiger partial charge in [-0.3, -0.25) is 0 Å². The van der Waals surface area contributed by atoms with Crippen molar-refractivity contribution in [1.82, 2.24) is 15.0 Å². The molecule has 96 valence electrons. The van der Waals surface area contributed by atoms with Crippen LogP contribution in [0.4, 0.5) is 0 Å². The van der Waals surface area contributed by atoms with E-state index in [4.69, 9.17) is 28.9 Å². The summed E-state index contributed by atoms with van der Waals surface area (Å²) in [6.45, 7) is 4.08. The lowest BCUT2D eigenvalue weighted by molar-refractivity contribution is 0.502. The van der Waals surface area contributed by atoms with Crippen molar-refractivity contribution in [3.05, 3.63) is 40.1 Å². The summed E-state index contributed by atoms with van der Waals surface area (Å²) in [4.78, 5) is 0. The largest absolute Gasteiger partial charge is 0.322 e. The van der Waals surface area contributed by atoms with E-state index < -0.39 is 0 Å². The molecule has 2 aromatic rings. The van der Waals surface area contributed by atoms with E-state index in [0.29, 0.717) is 21.7 Å². The smallest absolute Gasteiger partial charge is 0.100 e. The number of benzene rings is 1. The molecule has 4 nitrogen and oxygen atoms in total. The Balaban J connectivity index is 2.38. The van der Waals surface area contributed by atoms with Crippen molar-refractivity contribution in [3.63, 3.8) is 0 Å². The normalized spacial score (nSPS) is 13.0. The first-order valence-electron chi connectivity index (χ1n) is 5.62. The average Bonchev–Trinajstić information content (AvgIpc) is 2.80. The molecule has 0 amide bonds. The summed E-state index contributed by atoms with van der Waals surface area (Å²) in [5.41, 5.74) is 7.45. The molecule has 0 radical (unpaired) electrons. The van der Waals surface area contributed by atoms with Crippen LogP contribution in [0.1, 0.15) is 25.6 Å². The Labute approximate surface area is 116 Å². The van der Waals surface area contributed by atoms with Gasteiger partial charge in [0.05, 0.1) is 22.9 Å². The molecular weight excluding hydrogens is 271 g/mol. The second kappa shape index (κ2) is 5.26. The third-order valence-corrected chi connectivity index (χ3v) is 3.28. The maximum atomic E-state index is 6.10. The van der Waals surface area contributed by atoms with Crippen molar-refractivity contribution in [2.24, 2.45) is 11.7 Å². The number of nitrogens with zero attached hydrogens (tertiary/aromatic N) is 3. The van der Waals surface area contributed by atoms with E-state index in [9.17, 15) is 0 Å². The van der Waals surface area contributed by atoms with E-state index in [0.717, 1.165) is 5.69 Å². The predicted octanol–water partition coefficient (Wildman–Crippen LogP) is 3.23. The maximum Gasteiger partial charge on any atom is 0.100 e. The quantitative estimate of drug-likeness (QED) is 0.941. The molecular formula is C12H14Cl2N4. The first kappa shape index (κ1) is 13.3. The summed E-state index contributed by atoms with van der Waals surface area (Å²) >= 11 is 12.0. The highest BCUT2D eigenvalue weighted by atomic mass is 35.5. The van der Waals surface area contributed by atoms with Gasteiger partial charge in [-0.2, -0.15) is 0 Å². The Morgan fingerprint density at radius 3 is 2.67 bits per heavy atom. The molecule has 0 aliphatic rings. The predicted molar refractivity (Wildman–Crippen MR) is 73.1 cm³/mol. The molecule has 2 N–H and O–H groups in total. The topological polar surface area (TPSA) is 56.7 Å². The maximum absolute atomic E-state index is 6.10. The highest BCUT2D eigenvalue weighted by Gasteiger charge is 2.15. The summed E-state index contributed by atoms with van der Waals surface area (Å²) in [7, 11) is 0. The molecule has 0 saturated heterocycles. The van der Waals surface area contributed by atoms with E-state index in [-0.39, 0.29) is 6.04 Å². The molecule has 18 heavy (non-hydrogen) atoms. The molecule has 0 aliphatic carbocycles. The fourth-order valence-corrected chi connectivity index (χ4v) is 1.92. The van der Waals surface area contributed by atoms with Gasteiger partial charge >= 0.3 is 0 Å². The highest BCUT2D eigenvalue weighted by Crippen LogP contribution is 2.25. The van der Waals surface area contributed by atoms with Crippen LogP contribution in [0.15, 0.2) is 24.4 Å². The molecule has 1 unspecified atom stereocenters. The van der Waals surface area contributed by atoms with Crippen LogP contribution in [-0.4, -0.2) is 15.0 Å². The van der Waals surface area contributed by atoms with Crippen LogP contribution in [0, 0.1) is 5.92 Å². The van der Waals surface area contributed by atoms with Crippen LogP contribution >= 0.6 is 23.2 Å².